The Morgan fingerprint density at radius 3 is 1.89 bits per heavy atom. The van der Waals surface area contributed by atoms with Crippen LogP contribution in [0, 0.1) is 0 Å². The molecule has 0 aliphatic rings. The number of benzene rings is 4. The zero-order valence-corrected chi connectivity index (χ0v) is 21.5. The number of carbonyl (C=O) groups excluding carboxylic acids is 2. The summed E-state index contributed by atoms with van der Waals surface area (Å²) in [5.74, 6) is 1.28. The van der Waals surface area contributed by atoms with Gasteiger partial charge in [-0.25, -0.2) is 0 Å². The van der Waals surface area contributed by atoms with Gasteiger partial charge in [0.05, 0.1) is 5.02 Å². The van der Waals surface area contributed by atoms with E-state index in [9.17, 15) is 9.59 Å². The van der Waals surface area contributed by atoms with E-state index in [4.69, 9.17) is 25.8 Å². The van der Waals surface area contributed by atoms with E-state index < -0.39 is 6.10 Å². The second kappa shape index (κ2) is 13.2. The number of anilines is 2. The van der Waals surface area contributed by atoms with Gasteiger partial charge in [-0.15, -0.1) is 0 Å². The van der Waals surface area contributed by atoms with Crippen molar-refractivity contribution in [3.05, 3.63) is 114 Å². The lowest BCUT2D eigenvalue weighted by molar-refractivity contribution is -0.122. The summed E-state index contributed by atoms with van der Waals surface area (Å²) >= 11 is 6.09. The van der Waals surface area contributed by atoms with Gasteiger partial charge < -0.3 is 24.8 Å². The summed E-state index contributed by atoms with van der Waals surface area (Å²) < 4.78 is 16.9. The molecule has 0 aliphatic carbocycles. The Kier molecular flexibility index (Phi) is 9.21. The van der Waals surface area contributed by atoms with Crippen LogP contribution in [0.1, 0.15) is 17.3 Å². The van der Waals surface area contributed by atoms with Crippen molar-refractivity contribution in [1.82, 2.24) is 0 Å². The highest BCUT2D eigenvalue weighted by atomic mass is 35.5. The molecule has 0 radical (unpaired) electrons. The molecular weight excluding hydrogens is 504 g/mol. The highest BCUT2D eigenvalue weighted by Gasteiger charge is 2.16. The number of hydrogen-bond donors (Lipinski definition) is 2. The number of carbonyl (C=O) groups is 2. The predicted octanol–water partition coefficient (Wildman–Crippen LogP) is 6.46. The Morgan fingerprint density at radius 1 is 0.711 bits per heavy atom. The third kappa shape index (κ3) is 7.75. The van der Waals surface area contributed by atoms with Crippen LogP contribution in [0.15, 0.2) is 103 Å². The quantitative estimate of drug-likeness (QED) is 0.217. The Labute approximate surface area is 226 Å². The van der Waals surface area contributed by atoms with Crippen molar-refractivity contribution in [3.63, 3.8) is 0 Å². The van der Waals surface area contributed by atoms with Crippen LogP contribution < -0.4 is 24.8 Å². The molecule has 1 atom stereocenters. The number of nitrogens with one attached hydrogen (secondary N) is 2. The van der Waals surface area contributed by atoms with E-state index in [0.29, 0.717) is 46.7 Å². The van der Waals surface area contributed by atoms with Gasteiger partial charge in [-0.1, -0.05) is 41.9 Å². The van der Waals surface area contributed by atoms with Crippen LogP contribution in [-0.4, -0.2) is 31.1 Å². The lowest BCUT2D eigenvalue weighted by atomic mass is 10.2. The van der Waals surface area contributed by atoms with Gasteiger partial charge in [-0.2, -0.15) is 0 Å². The van der Waals surface area contributed by atoms with Gasteiger partial charge in [0, 0.05) is 16.9 Å². The van der Waals surface area contributed by atoms with Crippen molar-refractivity contribution in [3.8, 4) is 17.2 Å². The maximum absolute atomic E-state index is 12.6. The van der Waals surface area contributed by atoms with Crippen molar-refractivity contribution >= 4 is 34.8 Å². The van der Waals surface area contributed by atoms with Gasteiger partial charge in [-0.3, -0.25) is 9.59 Å². The van der Waals surface area contributed by atoms with E-state index in [1.165, 1.54) is 0 Å². The smallest absolute Gasteiger partial charge is 0.265 e. The minimum Gasteiger partial charge on any atom is -0.490 e. The van der Waals surface area contributed by atoms with E-state index >= 15 is 0 Å². The first-order valence-electron chi connectivity index (χ1n) is 12.0. The molecule has 38 heavy (non-hydrogen) atoms. The van der Waals surface area contributed by atoms with E-state index in [2.05, 4.69) is 10.6 Å². The maximum Gasteiger partial charge on any atom is 0.265 e. The number of amides is 2. The molecular formula is C30H27ClN2O5. The molecule has 0 spiro atoms. The molecule has 0 bridgehead atoms. The monoisotopic (exact) mass is 530 g/mol. The van der Waals surface area contributed by atoms with Crippen molar-refractivity contribution in [2.24, 2.45) is 0 Å². The molecule has 0 fully saturated rings. The molecule has 0 saturated carbocycles. The fourth-order valence-electron chi connectivity index (χ4n) is 3.41. The number of hydrogen-bond acceptors (Lipinski definition) is 5. The lowest BCUT2D eigenvalue weighted by Crippen LogP contribution is -2.30. The molecule has 1 unspecified atom stereocenters. The summed E-state index contributed by atoms with van der Waals surface area (Å²) in [5.41, 5.74) is 1.65. The normalized spacial score (nSPS) is 11.2. The van der Waals surface area contributed by atoms with Crippen molar-refractivity contribution in [2.75, 3.05) is 23.8 Å². The molecule has 4 aromatic rings. The molecule has 194 valence electrons. The fourth-order valence-corrected chi connectivity index (χ4v) is 3.59. The highest BCUT2D eigenvalue weighted by molar-refractivity contribution is 6.32. The molecule has 2 N–H and O–H groups in total. The maximum atomic E-state index is 12.6. The molecule has 0 saturated heterocycles. The number of halogens is 1. The zero-order valence-electron chi connectivity index (χ0n) is 20.7. The Balaban J connectivity index is 1.22. The molecule has 4 rings (SSSR count). The fraction of sp³-hybridized carbons (Fsp3) is 0.133. The lowest BCUT2D eigenvalue weighted by Gasteiger charge is -2.15. The third-order valence-corrected chi connectivity index (χ3v) is 5.71. The number of rotatable bonds is 11. The summed E-state index contributed by atoms with van der Waals surface area (Å²) in [7, 11) is 0. The summed E-state index contributed by atoms with van der Waals surface area (Å²) in [5, 5.41) is 6.06. The molecule has 4 aromatic carbocycles. The average molecular weight is 531 g/mol. The highest BCUT2D eigenvalue weighted by Crippen LogP contribution is 2.24. The SMILES string of the molecule is CC(Oc1ccccc1Cl)C(=O)Nc1ccc(NC(=O)c2ccc(OCCOc3ccccc3)cc2)cc1. The first-order chi connectivity index (χ1) is 18.5. The van der Waals surface area contributed by atoms with Crippen molar-refractivity contribution < 1.29 is 23.8 Å². The zero-order chi connectivity index (χ0) is 26.7. The van der Waals surface area contributed by atoms with Crippen LogP contribution in [0.5, 0.6) is 17.2 Å². The van der Waals surface area contributed by atoms with Gasteiger partial charge in [-0.05, 0) is 79.7 Å². The summed E-state index contributed by atoms with van der Waals surface area (Å²) in [4.78, 5) is 25.1. The second-order valence-electron chi connectivity index (χ2n) is 8.25. The Morgan fingerprint density at radius 2 is 1.26 bits per heavy atom. The molecule has 2 amide bonds. The summed E-state index contributed by atoms with van der Waals surface area (Å²) in [6.07, 6.45) is -0.752. The van der Waals surface area contributed by atoms with E-state index in [1.54, 1.807) is 79.7 Å². The van der Waals surface area contributed by atoms with Gasteiger partial charge in [0.25, 0.3) is 11.8 Å². The minimum atomic E-state index is -0.752. The third-order valence-electron chi connectivity index (χ3n) is 5.40. The van der Waals surface area contributed by atoms with Crippen LogP contribution in [-0.2, 0) is 4.79 Å². The number of para-hydroxylation sites is 2. The van der Waals surface area contributed by atoms with Gasteiger partial charge >= 0.3 is 0 Å². The van der Waals surface area contributed by atoms with Crippen LogP contribution in [0.25, 0.3) is 0 Å². The first-order valence-corrected chi connectivity index (χ1v) is 12.4. The molecule has 7 nitrogen and oxygen atoms in total. The first kappa shape index (κ1) is 26.6. The summed E-state index contributed by atoms with van der Waals surface area (Å²) in [6.45, 7) is 2.44. The Bertz CT molecular complexity index is 1350. The van der Waals surface area contributed by atoms with Crippen LogP contribution in [0.4, 0.5) is 11.4 Å². The van der Waals surface area contributed by atoms with Gasteiger partial charge in [0.15, 0.2) is 6.10 Å². The predicted molar refractivity (Wildman–Crippen MR) is 148 cm³/mol. The van der Waals surface area contributed by atoms with E-state index in [0.717, 1.165) is 5.75 Å². The van der Waals surface area contributed by atoms with Crippen LogP contribution >= 0.6 is 11.6 Å². The van der Waals surface area contributed by atoms with Gasteiger partial charge in [0.2, 0.25) is 0 Å². The minimum absolute atomic E-state index is 0.262. The van der Waals surface area contributed by atoms with E-state index in [1.807, 2.05) is 30.3 Å². The summed E-state index contributed by atoms with van der Waals surface area (Å²) in [6, 6.07) is 30.2. The molecule has 0 aliphatic heterocycles. The standard InChI is InChI=1S/C30H27ClN2O5/c1-21(38-28-10-6-5-9-27(28)31)29(34)32-23-13-15-24(16-14-23)33-30(35)22-11-17-26(18-12-22)37-20-19-36-25-7-3-2-4-8-25/h2-18,21H,19-20H2,1H3,(H,32,34)(H,33,35). The van der Waals surface area contributed by atoms with Crippen LogP contribution in [0.2, 0.25) is 5.02 Å². The molecule has 0 aromatic heterocycles. The van der Waals surface area contributed by atoms with Gasteiger partial charge in [0.1, 0.15) is 30.5 Å². The van der Waals surface area contributed by atoms with E-state index in [-0.39, 0.29) is 11.8 Å². The van der Waals surface area contributed by atoms with Crippen molar-refractivity contribution in [1.29, 1.82) is 0 Å². The average Bonchev–Trinajstić information content (AvgIpc) is 2.94. The largest absolute Gasteiger partial charge is 0.490 e. The topological polar surface area (TPSA) is 85.9 Å². The number of ether oxygens (including phenoxy) is 3. The second-order valence-corrected chi connectivity index (χ2v) is 8.65. The molecule has 8 heteroatoms. The van der Waals surface area contributed by atoms with Crippen molar-refractivity contribution in [2.45, 2.75) is 13.0 Å². The molecule has 0 heterocycles. The van der Waals surface area contributed by atoms with Crippen LogP contribution in [0.3, 0.4) is 0 Å². The Hall–Kier alpha value is -4.49.